The van der Waals surface area contributed by atoms with Crippen LogP contribution in [0.1, 0.15) is 25.1 Å². The predicted molar refractivity (Wildman–Crippen MR) is 65.7 cm³/mol. The van der Waals surface area contributed by atoms with Gasteiger partial charge in [-0.15, -0.1) is 0 Å². The maximum Gasteiger partial charge on any atom is 0.305 e. The minimum Gasteiger partial charge on any atom is -0.484 e. The molecule has 106 valence electrons. The van der Waals surface area contributed by atoms with Gasteiger partial charge in [0, 0.05) is 18.6 Å². The molecule has 7 nitrogen and oxygen atoms in total. The Morgan fingerprint density at radius 2 is 2.30 bits per heavy atom. The van der Waals surface area contributed by atoms with Gasteiger partial charge < -0.3 is 9.26 Å². The van der Waals surface area contributed by atoms with E-state index in [-0.39, 0.29) is 18.2 Å². The molecular formula is C12H12FN3O4. The van der Waals surface area contributed by atoms with E-state index in [1.807, 2.05) is 6.92 Å². The second-order valence-electron chi connectivity index (χ2n) is 4.01. The van der Waals surface area contributed by atoms with Crippen molar-refractivity contribution in [2.24, 2.45) is 0 Å². The highest BCUT2D eigenvalue weighted by Crippen LogP contribution is 2.22. The third-order valence-electron chi connectivity index (χ3n) is 2.46. The van der Waals surface area contributed by atoms with Crippen molar-refractivity contribution in [2.45, 2.75) is 26.4 Å². The summed E-state index contributed by atoms with van der Waals surface area (Å²) in [6.07, 6.45) is 1.60. The number of rotatable bonds is 6. The summed E-state index contributed by atoms with van der Waals surface area (Å²) in [6, 6.07) is 3.30. The van der Waals surface area contributed by atoms with Crippen molar-refractivity contribution in [3.05, 3.63) is 45.8 Å². The summed E-state index contributed by atoms with van der Waals surface area (Å²) in [7, 11) is 0. The number of nitro benzene ring substituents is 1. The molecule has 2 rings (SSSR count). The van der Waals surface area contributed by atoms with Crippen molar-refractivity contribution in [3.63, 3.8) is 0 Å². The van der Waals surface area contributed by atoms with E-state index in [0.717, 1.165) is 18.6 Å². The Bertz CT molecular complexity index is 614. The maximum absolute atomic E-state index is 13.4. The molecule has 1 aromatic heterocycles. The molecule has 0 bridgehead atoms. The average molecular weight is 281 g/mol. The molecule has 0 aliphatic carbocycles. The Morgan fingerprint density at radius 3 is 2.95 bits per heavy atom. The van der Waals surface area contributed by atoms with Gasteiger partial charge in [-0.3, -0.25) is 10.1 Å². The smallest absolute Gasteiger partial charge is 0.305 e. The molecule has 1 aromatic carbocycles. The van der Waals surface area contributed by atoms with Gasteiger partial charge >= 0.3 is 5.69 Å². The van der Waals surface area contributed by atoms with Gasteiger partial charge in [0.05, 0.1) is 4.92 Å². The molecule has 0 aliphatic heterocycles. The quantitative estimate of drug-likeness (QED) is 0.597. The topological polar surface area (TPSA) is 91.3 Å². The highest BCUT2D eigenvalue weighted by Gasteiger charge is 2.14. The number of hydrogen-bond acceptors (Lipinski definition) is 6. The Kier molecular flexibility index (Phi) is 4.24. The summed E-state index contributed by atoms with van der Waals surface area (Å²) in [4.78, 5) is 13.7. The van der Waals surface area contributed by atoms with Crippen LogP contribution in [0.5, 0.6) is 5.75 Å². The molecule has 0 fully saturated rings. The summed E-state index contributed by atoms with van der Waals surface area (Å²) in [5.74, 6) is 0.0567. The highest BCUT2D eigenvalue weighted by atomic mass is 19.1. The van der Waals surface area contributed by atoms with E-state index in [2.05, 4.69) is 10.1 Å². The Balaban J connectivity index is 1.99. The van der Waals surface area contributed by atoms with Crippen LogP contribution >= 0.6 is 0 Å². The van der Waals surface area contributed by atoms with Crippen LogP contribution in [-0.2, 0) is 13.0 Å². The lowest BCUT2D eigenvalue weighted by molar-refractivity contribution is -0.387. The van der Waals surface area contributed by atoms with E-state index in [1.165, 1.54) is 6.07 Å². The zero-order valence-corrected chi connectivity index (χ0v) is 10.7. The lowest BCUT2D eigenvalue weighted by atomic mass is 10.3. The molecule has 2 aromatic rings. The molecule has 0 radical (unpaired) electrons. The summed E-state index contributed by atoms with van der Waals surface area (Å²) < 4.78 is 23.5. The standard InChI is InChI=1S/C12H12FN3O4/c1-2-3-11-14-12(20-15-11)7-19-8-4-5-10(16(17)18)9(13)6-8/h4-6H,2-3,7H2,1H3. The molecule has 0 amide bonds. The van der Waals surface area contributed by atoms with Crippen molar-refractivity contribution in [2.75, 3.05) is 0 Å². The van der Waals surface area contributed by atoms with E-state index < -0.39 is 16.4 Å². The van der Waals surface area contributed by atoms with Gasteiger partial charge in [0.15, 0.2) is 12.4 Å². The van der Waals surface area contributed by atoms with E-state index >= 15 is 0 Å². The predicted octanol–water partition coefficient (Wildman–Crippen LogP) is 2.65. The largest absolute Gasteiger partial charge is 0.484 e. The zero-order valence-electron chi connectivity index (χ0n) is 10.7. The van der Waals surface area contributed by atoms with Crippen LogP contribution in [0.15, 0.2) is 22.7 Å². The normalized spacial score (nSPS) is 10.5. The average Bonchev–Trinajstić information content (AvgIpc) is 2.84. The first-order chi connectivity index (χ1) is 9.60. The fraction of sp³-hybridized carbons (Fsp3) is 0.333. The van der Waals surface area contributed by atoms with Gasteiger partial charge in [-0.25, -0.2) is 0 Å². The fourth-order valence-electron chi connectivity index (χ4n) is 1.54. The summed E-state index contributed by atoms with van der Waals surface area (Å²) in [5, 5.41) is 14.2. The van der Waals surface area contributed by atoms with E-state index in [4.69, 9.17) is 9.26 Å². The SMILES string of the molecule is CCCc1noc(COc2ccc([N+](=O)[O-])c(F)c2)n1. The van der Waals surface area contributed by atoms with Crippen LogP contribution in [0.3, 0.4) is 0 Å². The Labute approximate surface area is 113 Å². The van der Waals surface area contributed by atoms with E-state index in [1.54, 1.807) is 0 Å². The van der Waals surface area contributed by atoms with Crippen molar-refractivity contribution in [3.8, 4) is 5.75 Å². The molecule has 1 heterocycles. The number of nitrogens with zero attached hydrogens (tertiary/aromatic N) is 3. The second kappa shape index (κ2) is 6.09. The highest BCUT2D eigenvalue weighted by molar-refractivity contribution is 5.37. The molecule has 0 saturated heterocycles. The number of halogens is 1. The van der Waals surface area contributed by atoms with Crippen LogP contribution in [0.4, 0.5) is 10.1 Å². The van der Waals surface area contributed by atoms with Crippen molar-refractivity contribution in [1.29, 1.82) is 0 Å². The number of ether oxygens (including phenoxy) is 1. The molecule has 0 unspecified atom stereocenters. The minimum absolute atomic E-state index is 0.0199. The molecule has 0 atom stereocenters. The third kappa shape index (κ3) is 3.28. The van der Waals surface area contributed by atoms with Crippen molar-refractivity contribution in [1.82, 2.24) is 10.1 Å². The van der Waals surface area contributed by atoms with Crippen LogP contribution in [0.25, 0.3) is 0 Å². The van der Waals surface area contributed by atoms with Crippen molar-refractivity contribution >= 4 is 5.69 Å². The molecule has 0 N–H and O–H groups in total. The van der Waals surface area contributed by atoms with Gasteiger partial charge in [-0.2, -0.15) is 9.37 Å². The summed E-state index contributed by atoms with van der Waals surface area (Å²) >= 11 is 0. The van der Waals surface area contributed by atoms with Crippen LogP contribution in [0.2, 0.25) is 0 Å². The van der Waals surface area contributed by atoms with Crippen molar-refractivity contribution < 1.29 is 18.6 Å². The van der Waals surface area contributed by atoms with E-state index in [0.29, 0.717) is 12.2 Å². The number of aryl methyl sites for hydroxylation is 1. The van der Waals surface area contributed by atoms with Gasteiger partial charge in [0.2, 0.25) is 5.82 Å². The fourth-order valence-corrected chi connectivity index (χ4v) is 1.54. The molecule has 0 spiro atoms. The number of aromatic nitrogens is 2. The van der Waals surface area contributed by atoms with Gasteiger partial charge in [-0.1, -0.05) is 12.1 Å². The van der Waals surface area contributed by atoms with Crippen LogP contribution in [-0.4, -0.2) is 15.1 Å². The monoisotopic (exact) mass is 281 g/mol. The van der Waals surface area contributed by atoms with E-state index in [9.17, 15) is 14.5 Å². The minimum atomic E-state index is -0.954. The first-order valence-electron chi connectivity index (χ1n) is 5.98. The third-order valence-corrected chi connectivity index (χ3v) is 2.46. The van der Waals surface area contributed by atoms with Crippen LogP contribution in [0, 0.1) is 15.9 Å². The van der Waals surface area contributed by atoms with Gasteiger partial charge in [0.25, 0.3) is 5.89 Å². The Morgan fingerprint density at radius 1 is 1.50 bits per heavy atom. The van der Waals surface area contributed by atoms with Gasteiger partial charge in [-0.05, 0) is 12.5 Å². The maximum atomic E-state index is 13.4. The lowest BCUT2D eigenvalue weighted by Gasteiger charge is -2.02. The summed E-state index contributed by atoms with van der Waals surface area (Å²) in [5.41, 5.74) is -0.597. The molecule has 0 aliphatic rings. The molecular weight excluding hydrogens is 269 g/mol. The Hall–Kier alpha value is -2.51. The number of benzene rings is 1. The summed E-state index contributed by atoms with van der Waals surface area (Å²) in [6.45, 7) is 1.97. The first kappa shape index (κ1) is 13.9. The number of nitro groups is 1. The molecule has 8 heteroatoms. The lowest BCUT2D eigenvalue weighted by Crippen LogP contribution is -1.98. The molecule has 0 saturated carbocycles. The first-order valence-corrected chi connectivity index (χ1v) is 5.98. The zero-order chi connectivity index (χ0) is 14.5. The molecule has 20 heavy (non-hydrogen) atoms. The van der Waals surface area contributed by atoms with Crippen LogP contribution < -0.4 is 4.74 Å². The second-order valence-corrected chi connectivity index (χ2v) is 4.01. The van der Waals surface area contributed by atoms with Gasteiger partial charge in [0.1, 0.15) is 5.75 Å². The number of hydrogen-bond donors (Lipinski definition) is 0.